The van der Waals surface area contributed by atoms with E-state index in [9.17, 15) is 4.79 Å². The van der Waals surface area contributed by atoms with Crippen LogP contribution in [0, 0.1) is 5.92 Å². The number of nitrogens with one attached hydrogen (secondary N) is 1. The zero-order chi connectivity index (χ0) is 11.7. The molecule has 0 bridgehead atoms. The van der Waals surface area contributed by atoms with E-state index in [0.29, 0.717) is 12.6 Å². The van der Waals surface area contributed by atoms with Gasteiger partial charge in [-0.05, 0) is 32.1 Å². The maximum Gasteiger partial charge on any atom is 0.223 e. The number of hydrogen-bond acceptors (Lipinski definition) is 3. The minimum absolute atomic E-state index is 0.198. The first-order valence-electron chi connectivity index (χ1n) is 6.86. The molecule has 3 rings (SSSR count). The second kappa shape index (κ2) is 4.94. The number of carbonyl (C=O) groups excluding carboxylic acids is 1. The molecular formula is C13H21NO3. The number of rotatable bonds is 2. The molecule has 0 aromatic carbocycles. The Morgan fingerprint density at radius 3 is 2.47 bits per heavy atom. The van der Waals surface area contributed by atoms with Crippen LogP contribution in [0.25, 0.3) is 0 Å². The highest BCUT2D eigenvalue weighted by atomic mass is 16.6. The second-order valence-corrected chi connectivity index (χ2v) is 5.46. The molecule has 1 amide bonds. The largest absolute Gasteiger partial charge is 0.373 e. The number of carbonyl (C=O) groups is 1. The van der Waals surface area contributed by atoms with E-state index in [2.05, 4.69) is 5.32 Å². The molecule has 1 aliphatic heterocycles. The summed E-state index contributed by atoms with van der Waals surface area (Å²) in [6, 6.07) is 0.297. The molecule has 1 saturated heterocycles. The molecule has 3 fully saturated rings. The number of fused-ring (bicyclic) bond motifs is 1. The molecule has 0 radical (unpaired) electrons. The standard InChI is InChI=1S/C13H21NO3/c15-13(9-2-1-3-9)14-10-4-5-11-12(8-10)17-7-6-16-11/h9-12H,1-8H2,(H,14,15)/t10-,11+,12-/m1/s1. The fourth-order valence-corrected chi connectivity index (χ4v) is 2.99. The third-order valence-electron chi connectivity index (χ3n) is 4.30. The van der Waals surface area contributed by atoms with Gasteiger partial charge in [0, 0.05) is 12.0 Å². The SMILES string of the molecule is O=C(N[C@@H]1CC[C@@H]2OCCO[C@@H]2C1)C1CCC1. The molecule has 0 aromatic rings. The molecule has 96 valence electrons. The molecule has 0 spiro atoms. The molecule has 3 aliphatic rings. The van der Waals surface area contributed by atoms with Crippen molar-refractivity contribution in [3.8, 4) is 0 Å². The molecule has 2 aliphatic carbocycles. The lowest BCUT2D eigenvalue weighted by atomic mass is 9.83. The summed E-state index contributed by atoms with van der Waals surface area (Å²) in [7, 11) is 0. The Bertz CT molecular complexity index is 290. The average molecular weight is 239 g/mol. The predicted octanol–water partition coefficient (Wildman–Crippen LogP) is 1.24. The van der Waals surface area contributed by atoms with Crippen LogP contribution in [0.4, 0.5) is 0 Å². The number of amides is 1. The summed E-state index contributed by atoms with van der Waals surface area (Å²) in [6.45, 7) is 1.42. The quantitative estimate of drug-likeness (QED) is 0.788. The van der Waals surface area contributed by atoms with Gasteiger partial charge in [-0.3, -0.25) is 4.79 Å². The van der Waals surface area contributed by atoms with E-state index in [0.717, 1.165) is 38.7 Å². The van der Waals surface area contributed by atoms with Crippen LogP contribution in [0.15, 0.2) is 0 Å². The minimum atomic E-state index is 0.198. The molecule has 3 atom stereocenters. The summed E-state index contributed by atoms with van der Waals surface area (Å²) in [5, 5.41) is 3.18. The van der Waals surface area contributed by atoms with Gasteiger partial charge in [-0.15, -0.1) is 0 Å². The van der Waals surface area contributed by atoms with Gasteiger partial charge in [0.05, 0.1) is 25.4 Å². The van der Waals surface area contributed by atoms with Gasteiger partial charge in [-0.2, -0.15) is 0 Å². The van der Waals surface area contributed by atoms with Gasteiger partial charge in [0.2, 0.25) is 5.91 Å². The maximum atomic E-state index is 11.9. The molecule has 2 saturated carbocycles. The van der Waals surface area contributed by atoms with E-state index in [1.54, 1.807) is 0 Å². The predicted molar refractivity (Wildman–Crippen MR) is 62.6 cm³/mol. The van der Waals surface area contributed by atoms with E-state index in [1.165, 1.54) is 6.42 Å². The third kappa shape index (κ3) is 2.47. The van der Waals surface area contributed by atoms with Gasteiger partial charge in [0.15, 0.2) is 0 Å². The molecule has 4 nitrogen and oxygen atoms in total. The van der Waals surface area contributed by atoms with Gasteiger partial charge < -0.3 is 14.8 Å². The van der Waals surface area contributed by atoms with Gasteiger partial charge in [0.1, 0.15) is 0 Å². The van der Waals surface area contributed by atoms with Crippen LogP contribution in [0.1, 0.15) is 38.5 Å². The zero-order valence-corrected chi connectivity index (χ0v) is 10.2. The Kier molecular flexibility index (Phi) is 3.34. The van der Waals surface area contributed by atoms with Crippen LogP contribution in [-0.2, 0) is 14.3 Å². The van der Waals surface area contributed by atoms with Gasteiger partial charge in [-0.1, -0.05) is 6.42 Å². The average Bonchev–Trinajstić information content (AvgIpc) is 2.26. The van der Waals surface area contributed by atoms with E-state index in [4.69, 9.17) is 9.47 Å². The van der Waals surface area contributed by atoms with Crippen molar-refractivity contribution in [2.75, 3.05) is 13.2 Å². The smallest absolute Gasteiger partial charge is 0.223 e. The molecule has 1 heterocycles. The fourth-order valence-electron chi connectivity index (χ4n) is 2.99. The first-order chi connectivity index (χ1) is 8.33. The summed E-state index contributed by atoms with van der Waals surface area (Å²) < 4.78 is 11.4. The lowest BCUT2D eigenvalue weighted by Gasteiger charge is -2.39. The number of hydrogen-bond donors (Lipinski definition) is 1. The molecule has 4 heteroatoms. The van der Waals surface area contributed by atoms with Crippen LogP contribution < -0.4 is 5.32 Å². The van der Waals surface area contributed by atoms with Crippen molar-refractivity contribution in [1.29, 1.82) is 0 Å². The lowest BCUT2D eigenvalue weighted by molar-refractivity contribution is -0.159. The highest BCUT2D eigenvalue weighted by Crippen LogP contribution is 2.29. The van der Waals surface area contributed by atoms with Crippen molar-refractivity contribution in [1.82, 2.24) is 5.32 Å². The highest BCUT2D eigenvalue weighted by molar-refractivity contribution is 5.79. The molecular weight excluding hydrogens is 218 g/mol. The molecule has 0 unspecified atom stereocenters. The Labute approximate surface area is 102 Å². The monoisotopic (exact) mass is 239 g/mol. The second-order valence-electron chi connectivity index (χ2n) is 5.46. The van der Waals surface area contributed by atoms with Crippen LogP contribution in [0.3, 0.4) is 0 Å². The normalized spacial score (nSPS) is 38.0. The maximum absolute atomic E-state index is 11.9. The highest BCUT2D eigenvalue weighted by Gasteiger charge is 2.35. The number of ether oxygens (including phenoxy) is 2. The Hall–Kier alpha value is -0.610. The van der Waals surface area contributed by atoms with Crippen molar-refractivity contribution in [3.63, 3.8) is 0 Å². The van der Waals surface area contributed by atoms with Crippen LogP contribution in [0.2, 0.25) is 0 Å². The summed E-state index contributed by atoms with van der Waals surface area (Å²) in [6.07, 6.45) is 6.79. The Balaban J connectivity index is 1.49. The molecule has 0 aromatic heterocycles. The summed E-state index contributed by atoms with van der Waals surface area (Å²) in [4.78, 5) is 11.9. The summed E-state index contributed by atoms with van der Waals surface area (Å²) >= 11 is 0. The van der Waals surface area contributed by atoms with Gasteiger partial charge >= 0.3 is 0 Å². The van der Waals surface area contributed by atoms with Crippen LogP contribution >= 0.6 is 0 Å². The summed E-state index contributed by atoms with van der Waals surface area (Å²) in [5.41, 5.74) is 0. The Morgan fingerprint density at radius 1 is 1.00 bits per heavy atom. The fraction of sp³-hybridized carbons (Fsp3) is 0.923. The van der Waals surface area contributed by atoms with Gasteiger partial charge in [-0.25, -0.2) is 0 Å². The molecule has 17 heavy (non-hydrogen) atoms. The Morgan fingerprint density at radius 2 is 1.76 bits per heavy atom. The van der Waals surface area contributed by atoms with Crippen molar-refractivity contribution in [3.05, 3.63) is 0 Å². The van der Waals surface area contributed by atoms with E-state index in [1.807, 2.05) is 0 Å². The van der Waals surface area contributed by atoms with Crippen molar-refractivity contribution in [2.24, 2.45) is 5.92 Å². The topological polar surface area (TPSA) is 47.6 Å². The third-order valence-corrected chi connectivity index (χ3v) is 4.30. The van der Waals surface area contributed by atoms with Crippen LogP contribution in [0.5, 0.6) is 0 Å². The molecule has 1 N–H and O–H groups in total. The van der Waals surface area contributed by atoms with Gasteiger partial charge in [0.25, 0.3) is 0 Å². The first-order valence-corrected chi connectivity index (χ1v) is 6.86. The minimum Gasteiger partial charge on any atom is -0.373 e. The summed E-state index contributed by atoms with van der Waals surface area (Å²) in [5.74, 6) is 0.549. The lowest BCUT2D eigenvalue weighted by Crippen LogP contribution is -2.50. The zero-order valence-electron chi connectivity index (χ0n) is 10.2. The van der Waals surface area contributed by atoms with Crippen molar-refractivity contribution < 1.29 is 14.3 Å². The van der Waals surface area contributed by atoms with Crippen molar-refractivity contribution in [2.45, 2.75) is 56.8 Å². The van der Waals surface area contributed by atoms with E-state index in [-0.39, 0.29) is 24.0 Å². The van der Waals surface area contributed by atoms with Crippen molar-refractivity contribution >= 4 is 5.91 Å². The first kappa shape index (κ1) is 11.5. The van der Waals surface area contributed by atoms with E-state index >= 15 is 0 Å². The van der Waals surface area contributed by atoms with Crippen LogP contribution in [-0.4, -0.2) is 37.4 Å². The van der Waals surface area contributed by atoms with E-state index < -0.39 is 0 Å².